The lowest BCUT2D eigenvalue weighted by Crippen LogP contribution is -2.36. The Morgan fingerprint density at radius 1 is 0.957 bits per heavy atom. The van der Waals surface area contributed by atoms with Crippen LogP contribution in [0.2, 0.25) is 0 Å². The zero-order valence-electron chi connectivity index (χ0n) is 26.8. The molecular weight excluding hydrogens is 627 g/mol. The Hall–Kier alpha value is -3.62. The molecule has 0 spiro atoms. The van der Waals surface area contributed by atoms with Crippen LogP contribution in [-0.4, -0.2) is 49.4 Å². The highest BCUT2D eigenvalue weighted by molar-refractivity contribution is 7.92. The summed E-state index contributed by atoms with van der Waals surface area (Å²) in [5.41, 5.74) is -0.820. The van der Waals surface area contributed by atoms with Crippen LogP contribution in [0.15, 0.2) is 71.6 Å². The van der Waals surface area contributed by atoms with Crippen LogP contribution in [0.25, 0.3) is 10.8 Å². The van der Waals surface area contributed by atoms with E-state index in [0.29, 0.717) is 5.69 Å². The molecule has 1 saturated heterocycles. The van der Waals surface area contributed by atoms with Crippen LogP contribution in [-0.2, 0) is 20.8 Å². The number of rotatable bonds is 14. The van der Waals surface area contributed by atoms with Gasteiger partial charge >= 0.3 is 12.1 Å². The van der Waals surface area contributed by atoms with Crippen molar-refractivity contribution >= 4 is 32.3 Å². The van der Waals surface area contributed by atoms with Gasteiger partial charge in [-0.3, -0.25) is 5.32 Å². The van der Waals surface area contributed by atoms with Crippen molar-refractivity contribution in [1.82, 2.24) is 5.32 Å². The topological polar surface area (TPSA) is 110 Å². The molecule has 0 radical (unpaired) electrons. The number of unbranched alkanes of at least 4 members (excludes halogenated alkanes) is 7. The molecule has 3 aromatic rings. The van der Waals surface area contributed by atoms with Crippen molar-refractivity contribution in [2.45, 2.75) is 105 Å². The van der Waals surface area contributed by atoms with Crippen LogP contribution in [0.4, 0.5) is 18.9 Å². The predicted molar refractivity (Wildman–Crippen MR) is 178 cm³/mol. The molecule has 5 rings (SSSR count). The van der Waals surface area contributed by atoms with Crippen LogP contribution < -0.4 is 10.2 Å². The summed E-state index contributed by atoms with van der Waals surface area (Å²) in [5.74, 6) is -1.23. The quantitative estimate of drug-likeness (QED) is 0.167. The number of alkyl halides is 3. The van der Waals surface area contributed by atoms with E-state index in [1.807, 2.05) is 18.2 Å². The van der Waals surface area contributed by atoms with Crippen LogP contribution in [0, 0.1) is 11.3 Å². The average Bonchev–Trinajstić information content (AvgIpc) is 3.69. The fraction of sp³-hybridized carbons (Fsp3) is 0.500. The third kappa shape index (κ3) is 9.26. The van der Waals surface area contributed by atoms with E-state index in [-0.39, 0.29) is 18.5 Å². The summed E-state index contributed by atoms with van der Waals surface area (Å²) in [7, 11) is -4.44. The fourth-order valence-corrected chi connectivity index (χ4v) is 8.06. The second-order valence-corrected chi connectivity index (χ2v) is 14.7. The second kappa shape index (κ2) is 16.0. The number of hydrogen-bond donors (Lipinski definition) is 2. The minimum atomic E-state index is -4.84. The van der Waals surface area contributed by atoms with E-state index >= 15 is 0 Å². The highest BCUT2D eigenvalue weighted by Gasteiger charge is 2.46. The molecule has 1 aliphatic carbocycles. The summed E-state index contributed by atoms with van der Waals surface area (Å²) in [5, 5.41) is 22.3. The number of carboxylic acid groups (broad SMARTS) is 1. The van der Waals surface area contributed by atoms with Gasteiger partial charge in [0.2, 0.25) is 0 Å². The Labute approximate surface area is 275 Å². The number of nitrogens with one attached hydrogen (secondary N) is 1. The molecule has 0 bridgehead atoms. The predicted octanol–water partition coefficient (Wildman–Crippen LogP) is 8.14. The Morgan fingerprint density at radius 3 is 2.21 bits per heavy atom. The van der Waals surface area contributed by atoms with Gasteiger partial charge in [-0.2, -0.15) is 18.4 Å². The van der Waals surface area contributed by atoms with Gasteiger partial charge in [-0.25, -0.2) is 13.2 Å². The molecule has 3 aromatic carbocycles. The minimum absolute atomic E-state index is 0.110. The molecular formula is C36H44F3N3O4S. The molecule has 1 heterocycles. The Kier molecular flexibility index (Phi) is 12.3. The van der Waals surface area contributed by atoms with E-state index in [9.17, 15) is 31.5 Å². The van der Waals surface area contributed by atoms with Crippen molar-refractivity contribution in [2.24, 2.45) is 0 Å². The van der Waals surface area contributed by atoms with Crippen LogP contribution in [0.5, 0.6) is 0 Å². The van der Waals surface area contributed by atoms with Gasteiger partial charge in [0, 0.05) is 17.6 Å². The molecule has 0 amide bonds. The number of anilines is 1. The average molecular weight is 672 g/mol. The molecule has 0 aromatic heterocycles. The first kappa shape index (κ1) is 36.2. The third-order valence-corrected chi connectivity index (χ3v) is 11.2. The summed E-state index contributed by atoms with van der Waals surface area (Å²) in [6.45, 7) is 3.07. The Morgan fingerprint density at radius 2 is 1.57 bits per heavy atom. The van der Waals surface area contributed by atoms with Crippen molar-refractivity contribution in [3.63, 3.8) is 0 Å². The van der Waals surface area contributed by atoms with Gasteiger partial charge in [-0.15, -0.1) is 0 Å². The van der Waals surface area contributed by atoms with E-state index in [2.05, 4.69) is 18.3 Å². The number of nitrogens with zero attached hydrogens (tertiary/aromatic N) is 2. The van der Waals surface area contributed by atoms with Gasteiger partial charge in [-0.05, 0) is 55.8 Å². The van der Waals surface area contributed by atoms with E-state index < -0.39 is 43.7 Å². The SMILES string of the molecule is CCCCCCCCCCNC1(C#N)CC1.O=C(O)C1CC(S(=O)(=O)c2ccccc2C(F)(F)F)CN1c1cccc2ccccc12. The standard InChI is InChI=1S/C22H18F3NO4S.C14H26N2/c23-22(24,25)17-9-3-4-11-20(17)31(29,30)15-12-19(21(27)28)26(13-15)18-10-5-7-14-6-1-2-8-16(14)18;1-2-3-4-5-6-7-8-9-12-16-14(13-15)10-11-14/h1-11,15,19H,12-13H2,(H,27,28);16H,2-12H2,1H3. The number of carbonyl (C=O) groups is 1. The van der Waals surface area contributed by atoms with Crippen molar-refractivity contribution in [3.8, 4) is 6.07 Å². The van der Waals surface area contributed by atoms with Crippen molar-refractivity contribution < 1.29 is 31.5 Å². The fourth-order valence-electron chi connectivity index (χ4n) is 6.15. The summed E-state index contributed by atoms with van der Waals surface area (Å²) in [6, 6.07) is 17.7. The normalized spacial score (nSPS) is 18.7. The number of aliphatic carboxylic acids is 1. The van der Waals surface area contributed by atoms with Gasteiger partial charge in [0.1, 0.15) is 11.6 Å². The molecule has 1 aliphatic heterocycles. The summed E-state index contributed by atoms with van der Waals surface area (Å²) >= 11 is 0. The molecule has 2 aliphatic rings. The monoisotopic (exact) mass is 671 g/mol. The number of hydrogen-bond acceptors (Lipinski definition) is 6. The van der Waals surface area contributed by atoms with Crippen molar-refractivity contribution in [2.75, 3.05) is 18.0 Å². The van der Waals surface area contributed by atoms with Crippen molar-refractivity contribution in [1.29, 1.82) is 5.26 Å². The van der Waals surface area contributed by atoms with Gasteiger partial charge in [0.15, 0.2) is 9.84 Å². The Balaban J connectivity index is 0.000000264. The third-order valence-electron chi connectivity index (χ3n) is 9.02. The van der Waals surface area contributed by atoms with E-state index in [4.69, 9.17) is 5.26 Å². The molecule has 7 nitrogen and oxygen atoms in total. The summed E-state index contributed by atoms with van der Waals surface area (Å²) in [4.78, 5) is 12.6. The number of halogens is 3. The van der Waals surface area contributed by atoms with Crippen LogP contribution >= 0.6 is 0 Å². The van der Waals surface area contributed by atoms with Crippen LogP contribution in [0.3, 0.4) is 0 Å². The molecule has 1 saturated carbocycles. The van der Waals surface area contributed by atoms with Gasteiger partial charge in [0.05, 0.1) is 21.8 Å². The summed E-state index contributed by atoms with van der Waals surface area (Å²) in [6.07, 6.45) is 7.81. The lowest BCUT2D eigenvalue weighted by Gasteiger charge is -2.25. The zero-order chi connectivity index (χ0) is 34.1. The number of benzene rings is 3. The molecule has 2 unspecified atom stereocenters. The van der Waals surface area contributed by atoms with Crippen LogP contribution in [0.1, 0.15) is 83.1 Å². The largest absolute Gasteiger partial charge is 0.480 e. The number of fused-ring (bicyclic) bond motifs is 1. The van der Waals surface area contributed by atoms with E-state index in [0.717, 1.165) is 48.4 Å². The maximum atomic E-state index is 13.4. The first-order valence-corrected chi connectivity index (χ1v) is 18.0. The molecule has 2 fully saturated rings. The molecule has 47 heavy (non-hydrogen) atoms. The second-order valence-electron chi connectivity index (χ2n) is 12.5. The van der Waals surface area contributed by atoms with E-state index in [1.165, 1.54) is 62.3 Å². The lowest BCUT2D eigenvalue weighted by molar-refractivity contribution is -0.140. The first-order chi connectivity index (χ1) is 22.4. The molecule has 2 atom stereocenters. The lowest BCUT2D eigenvalue weighted by atomic mass is 10.1. The molecule has 254 valence electrons. The highest BCUT2D eigenvalue weighted by Crippen LogP contribution is 2.40. The maximum Gasteiger partial charge on any atom is 0.417 e. The van der Waals surface area contributed by atoms with Gasteiger partial charge in [-0.1, -0.05) is 100 Å². The summed E-state index contributed by atoms with van der Waals surface area (Å²) < 4.78 is 66.6. The number of sulfone groups is 1. The molecule has 11 heteroatoms. The number of nitriles is 1. The molecule has 2 N–H and O–H groups in total. The highest BCUT2D eigenvalue weighted by atomic mass is 32.2. The minimum Gasteiger partial charge on any atom is -0.480 e. The van der Waals surface area contributed by atoms with E-state index in [1.54, 1.807) is 24.3 Å². The Bertz CT molecular complexity index is 1650. The first-order valence-electron chi connectivity index (χ1n) is 16.5. The van der Waals surface area contributed by atoms with Gasteiger partial charge in [0.25, 0.3) is 0 Å². The smallest absolute Gasteiger partial charge is 0.417 e. The van der Waals surface area contributed by atoms with Gasteiger partial charge < -0.3 is 10.0 Å². The number of carboxylic acids is 1. The maximum absolute atomic E-state index is 13.4. The zero-order valence-corrected chi connectivity index (χ0v) is 27.6. The van der Waals surface area contributed by atoms with Crippen molar-refractivity contribution in [3.05, 3.63) is 72.3 Å².